The molecule has 0 bridgehead atoms. The van der Waals surface area contributed by atoms with E-state index in [2.05, 4.69) is 13.8 Å². The van der Waals surface area contributed by atoms with Crippen LogP contribution in [0.5, 0.6) is 0 Å². The molecule has 0 aromatic heterocycles. The standard InChI is InChI=1S/C7H16NO/c1-4-5-6-8(3)7(2)9/h7,9H,2,4-6H2,1,3H3. The number of hydrogen-bond donors (Lipinski definition) is 1. The van der Waals surface area contributed by atoms with Crippen molar-refractivity contribution in [3.8, 4) is 0 Å². The van der Waals surface area contributed by atoms with Crippen LogP contribution >= 0.6 is 0 Å². The second-order valence-corrected chi connectivity index (χ2v) is 2.31. The van der Waals surface area contributed by atoms with Crippen LogP contribution in [0, 0.1) is 6.92 Å². The van der Waals surface area contributed by atoms with Crippen molar-refractivity contribution in [2.75, 3.05) is 13.6 Å². The predicted octanol–water partition coefficient (Wildman–Crippen LogP) is 0.871. The number of unbranched alkanes of at least 4 members (excludes halogenated alkanes) is 1. The van der Waals surface area contributed by atoms with Gasteiger partial charge in [-0.15, -0.1) is 0 Å². The van der Waals surface area contributed by atoms with Gasteiger partial charge in [-0.05, 0) is 20.4 Å². The summed E-state index contributed by atoms with van der Waals surface area (Å²) < 4.78 is 0. The molecule has 0 saturated heterocycles. The van der Waals surface area contributed by atoms with Crippen LogP contribution in [0.25, 0.3) is 0 Å². The Balaban J connectivity index is 3.16. The van der Waals surface area contributed by atoms with Crippen LogP contribution in [0.2, 0.25) is 0 Å². The monoisotopic (exact) mass is 130 g/mol. The summed E-state index contributed by atoms with van der Waals surface area (Å²) in [4.78, 5) is 1.82. The van der Waals surface area contributed by atoms with Crippen LogP contribution < -0.4 is 0 Å². The summed E-state index contributed by atoms with van der Waals surface area (Å²) in [6.45, 7) is 6.53. The minimum Gasteiger partial charge on any atom is -0.378 e. The first-order valence-corrected chi connectivity index (χ1v) is 3.40. The van der Waals surface area contributed by atoms with E-state index in [1.165, 1.54) is 0 Å². The van der Waals surface area contributed by atoms with Gasteiger partial charge in [-0.25, -0.2) is 0 Å². The van der Waals surface area contributed by atoms with Gasteiger partial charge in [0.05, 0.1) is 0 Å². The summed E-state index contributed by atoms with van der Waals surface area (Å²) in [5, 5.41) is 8.86. The van der Waals surface area contributed by atoms with Gasteiger partial charge in [-0.1, -0.05) is 13.3 Å². The maximum absolute atomic E-state index is 8.86. The number of rotatable bonds is 4. The normalized spacial score (nSPS) is 14.3. The molecule has 0 spiro atoms. The van der Waals surface area contributed by atoms with E-state index in [0.717, 1.165) is 19.4 Å². The van der Waals surface area contributed by atoms with Gasteiger partial charge in [0.15, 0.2) is 0 Å². The van der Waals surface area contributed by atoms with Gasteiger partial charge in [0.2, 0.25) is 0 Å². The molecule has 0 heterocycles. The minimum absolute atomic E-state index is 0.545. The average Bonchev–Trinajstić information content (AvgIpc) is 1.82. The first kappa shape index (κ1) is 8.92. The number of aliphatic hydroxyl groups excluding tert-OH is 1. The van der Waals surface area contributed by atoms with E-state index in [1.54, 1.807) is 0 Å². The molecule has 1 radical (unpaired) electrons. The molecule has 0 aromatic carbocycles. The van der Waals surface area contributed by atoms with E-state index >= 15 is 0 Å². The van der Waals surface area contributed by atoms with Gasteiger partial charge in [-0.2, -0.15) is 0 Å². The number of hydrogen-bond acceptors (Lipinski definition) is 2. The first-order chi connectivity index (χ1) is 4.18. The summed E-state index contributed by atoms with van der Waals surface area (Å²) >= 11 is 0. The Morgan fingerprint density at radius 1 is 1.67 bits per heavy atom. The first-order valence-electron chi connectivity index (χ1n) is 3.40. The molecule has 0 aliphatic rings. The molecule has 0 rings (SSSR count). The highest BCUT2D eigenvalue weighted by molar-refractivity contribution is 4.56. The Morgan fingerprint density at radius 3 is 2.56 bits per heavy atom. The highest BCUT2D eigenvalue weighted by Gasteiger charge is 2.01. The molecule has 1 unspecified atom stereocenters. The second kappa shape index (κ2) is 4.77. The molecule has 0 amide bonds. The van der Waals surface area contributed by atoms with E-state index in [0.29, 0.717) is 0 Å². The van der Waals surface area contributed by atoms with Crippen LogP contribution in [0.1, 0.15) is 19.8 Å². The molecular formula is C7H16NO. The van der Waals surface area contributed by atoms with Crippen molar-refractivity contribution in [1.29, 1.82) is 0 Å². The van der Waals surface area contributed by atoms with Gasteiger partial charge >= 0.3 is 0 Å². The Hall–Kier alpha value is -0.0800. The lowest BCUT2D eigenvalue weighted by Crippen LogP contribution is -2.29. The third kappa shape index (κ3) is 4.43. The largest absolute Gasteiger partial charge is 0.378 e. The molecule has 0 aromatic rings. The SMILES string of the molecule is [CH2]C(O)N(C)CCCC. The van der Waals surface area contributed by atoms with Gasteiger partial charge < -0.3 is 5.11 Å². The molecule has 0 fully saturated rings. The highest BCUT2D eigenvalue weighted by Crippen LogP contribution is 1.94. The lowest BCUT2D eigenvalue weighted by Gasteiger charge is -2.18. The molecule has 2 nitrogen and oxygen atoms in total. The smallest absolute Gasteiger partial charge is 0.107 e. The van der Waals surface area contributed by atoms with Crippen molar-refractivity contribution in [1.82, 2.24) is 4.90 Å². The van der Waals surface area contributed by atoms with Crippen LogP contribution in [0.15, 0.2) is 0 Å². The minimum atomic E-state index is -0.545. The molecule has 1 atom stereocenters. The van der Waals surface area contributed by atoms with E-state index in [4.69, 9.17) is 5.11 Å². The zero-order valence-electron chi connectivity index (χ0n) is 6.30. The molecule has 1 N–H and O–H groups in total. The Labute approximate surface area is 57.5 Å². The third-order valence-corrected chi connectivity index (χ3v) is 1.37. The molecule has 0 aliphatic carbocycles. The van der Waals surface area contributed by atoms with Gasteiger partial charge in [0.25, 0.3) is 0 Å². The van der Waals surface area contributed by atoms with Crippen LogP contribution in [0.3, 0.4) is 0 Å². The molecule has 2 heteroatoms. The molecular weight excluding hydrogens is 114 g/mol. The Kier molecular flexibility index (Phi) is 4.72. The summed E-state index contributed by atoms with van der Waals surface area (Å²) in [5.41, 5.74) is 0. The van der Waals surface area contributed by atoms with E-state index in [9.17, 15) is 0 Å². The summed E-state index contributed by atoms with van der Waals surface area (Å²) in [6, 6.07) is 0. The van der Waals surface area contributed by atoms with Crippen molar-refractivity contribution in [3.05, 3.63) is 6.92 Å². The highest BCUT2D eigenvalue weighted by atomic mass is 16.3. The molecule has 9 heavy (non-hydrogen) atoms. The average molecular weight is 130 g/mol. The van der Waals surface area contributed by atoms with Crippen LogP contribution in [-0.2, 0) is 0 Å². The molecule has 55 valence electrons. The zero-order chi connectivity index (χ0) is 7.28. The maximum Gasteiger partial charge on any atom is 0.107 e. The lowest BCUT2D eigenvalue weighted by molar-refractivity contribution is 0.0595. The fourth-order valence-corrected chi connectivity index (χ4v) is 0.557. The van der Waals surface area contributed by atoms with Crippen LogP contribution in [0.4, 0.5) is 0 Å². The number of nitrogens with zero attached hydrogens (tertiary/aromatic N) is 1. The van der Waals surface area contributed by atoms with Gasteiger partial charge in [-0.3, -0.25) is 4.90 Å². The molecule has 0 aliphatic heterocycles. The van der Waals surface area contributed by atoms with Gasteiger partial charge in [0, 0.05) is 6.54 Å². The predicted molar refractivity (Wildman–Crippen MR) is 38.9 cm³/mol. The van der Waals surface area contributed by atoms with Crippen molar-refractivity contribution < 1.29 is 5.11 Å². The Bertz CT molecular complexity index is 63.9. The third-order valence-electron chi connectivity index (χ3n) is 1.37. The van der Waals surface area contributed by atoms with Crippen molar-refractivity contribution in [2.24, 2.45) is 0 Å². The van der Waals surface area contributed by atoms with E-state index < -0.39 is 6.23 Å². The quantitative estimate of drug-likeness (QED) is 0.571. The second-order valence-electron chi connectivity index (χ2n) is 2.31. The lowest BCUT2D eigenvalue weighted by atomic mass is 10.3. The van der Waals surface area contributed by atoms with Crippen molar-refractivity contribution in [3.63, 3.8) is 0 Å². The Morgan fingerprint density at radius 2 is 2.22 bits per heavy atom. The summed E-state index contributed by atoms with van der Waals surface area (Å²) in [5.74, 6) is 0. The fourth-order valence-electron chi connectivity index (χ4n) is 0.557. The van der Waals surface area contributed by atoms with Crippen LogP contribution in [-0.4, -0.2) is 29.8 Å². The summed E-state index contributed by atoms with van der Waals surface area (Å²) in [7, 11) is 1.87. The summed E-state index contributed by atoms with van der Waals surface area (Å²) in [6.07, 6.45) is 1.75. The van der Waals surface area contributed by atoms with Gasteiger partial charge in [0.1, 0.15) is 6.23 Å². The van der Waals surface area contributed by atoms with E-state index in [-0.39, 0.29) is 0 Å². The van der Waals surface area contributed by atoms with Crippen molar-refractivity contribution >= 4 is 0 Å². The van der Waals surface area contributed by atoms with E-state index in [1.807, 2.05) is 11.9 Å². The van der Waals surface area contributed by atoms with Crippen molar-refractivity contribution in [2.45, 2.75) is 26.0 Å². The molecule has 0 saturated carbocycles. The maximum atomic E-state index is 8.86. The fraction of sp³-hybridized carbons (Fsp3) is 0.857. The number of aliphatic hydroxyl groups is 1. The topological polar surface area (TPSA) is 23.5 Å². The zero-order valence-corrected chi connectivity index (χ0v) is 6.30.